The second-order valence-electron chi connectivity index (χ2n) is 3.78. The Hall–Kier alpha value is -0.120. The van der Waals surface area contributed by atoms with E-state index in [4.69, 9.17) is 9.47 Å². The molecule has 1 aliphatic rings. The number of nitrogens with zero attached hydrogens (tertiary/aromatic N) is 1. The van der Waals surface area contributed by atoms with Gasteiger partial charge in [0.2, 0.25) is 0 Å². The van der Waals surface area contributed by atoms with E-state index in [2.05, 4.69) is 18.9 Å². The zero-order valence-corrected chi connectivity index (χ0v) is 8.30. The summed E-state index contributed by atoms with van der Waals surface area (Å²) in [5, 5.41) is 0. The summed E-state index contributed by atoms with van der Waals surface area (Å²) >= 11 is 0. The van der Waals surface area contributed by atoms with Gasteiger partial charge in [0.15, 0.2) is 0 Å². The number of morpholine rings is 1. The quantitative estimate of drug-likeness (QED) is 0.628. The third kappa shape index (κ3) is 2.73. The van der Waals surface area contributed by atoms with Crippen LogP contribution in [0, 0.1) is 0 Å². The molecule has 0 amide bonds. The highest BCUT2D eigenvalue weighted by molar-refractivity contribution is 4.82. The monoisotopic (exact) mass is 173 g/mol. The molecule has 1 unspecified atom stereocenters. The minimum Gasteiger partial charge on any atom is -0.385 e. The van der Waals surface area contributed by atoms with Crippen molar-refractivity contribution in [2.45, 2.75) is 18.9 Å². The largest absolute Gasteiger partial charge is 0.385 e. The molecule has 72 valence electrons. The predicted molar refractivity (Wildman–Crippen MR) is 48.3 cm³/mol. The first-order valence-electron chi connectivity index (χ1n) is 4.48. The van der Waals surface area contributed by atoms with Crippen molar-refractivity contribution in [3.8, 4) is 0 Å². The molecule has 1 rings (SSSR count). The van der Waals surface area contributed by atoms with Gasteiger partial charge in [-0.2, -0.15) is 0 Å². The van der Waals surface area contributed by atoms with Gasteiger partial charge in [-0.15, -0.1) is 0 Å². The molecule has 1 saturated heterocycles. The van der Waals surface area contributed by atoms with Crippen LogP contribution < -0.4 is 0 Å². The van der Waals surface area contributed by atoms with Gasteiger partial charge < -0.3 is 14.4 Å². The fourth-order valence-electron chi connectivity index (χ4n) is 1.61. The van der Waals surface area contributed by atoms with Crippen LogP contribution in [0.4, 0.5) is 0 Å². The smallest absolute Gasteiger partial charge is 0.0803 e. The van der Waals surface area contributed by atoms with Crippen molar-refractivity contribution in [2.24, 2.45) is 0 Å². The highest BCUT2D eigenvalue weighted by atomic mass is 16.5. The lowest BCUT2D eigenvalue weighted by molar-refractivity contribution is -0.103. The van der Waals surface area contributed by atoms with Gasteiger partial charge >= 0.3 is 0 Å². The minimum atomic E-state index is 0.00299. The maximum Gasteiger partial charge on any atom is 0.0803 e. The third-order valence-corrected chi connectivity index (χ3v) is 2.36. The van der Waals surface area contributed by atoms with Gasteiger partial charge in [0.25, 0.3) is 0 Å². The Morgan fingerprint density at radius 1 is 1.58 bits per heavy atom. The maximum atomic E-state index is 5.72. The van der Waals surface area contributed by atoms with Gasteiger partial charge in [0, 0.05) is 33.2 Å². The van der Waals surface area contributed by atoms with Crippen molar-refractivity contribution in [1.29, 1.82) is 0 Å². The Morgan fingerprint density at radius 2 is 2.33 bits per heavy atom. The molecule has 3 heteroatoms. The van der Waals surface area contributed by atoms with Crippen LogP contribution >= 0.6 is 0 Å². The minimum absolute atomic E-state index is 0.00299. The van der Waals surface area contributed by atoms with Crippen LogP contribution in [0.2, 0.25) is 0 Å². The van der Waals surface area contributed by atoms with Gasteiger partial charge in [-0.05, 0) is 14.0 Å². The molecule has 3 nitrogen and oxygen atoms in total. The Balaban J connectivity index is 2.35. The van der Waals surface area contributed by atoms with E-state index in [1.807, 2.05) is 0 Å². The van der Waals surface area contributed by atoms with Crippen molar-refractivity contribution in [1.82, 2.24) is 4.90 Å². The molecule has 0 saturated carbocycles. The Bertz CT molecular complexity index is 140. The summed E-state index contributed by atoms with van der Waals surface area (Å²) < 4.78 is 10.8. The summed E-state index contributed by atoms with van der Waals surface area (Å²) in [4.78, 5) is 2.30. The molecule has 0 spiro atoms. The van der Waals surface area contributed by atoms with E-state index < -0.39 is 0 Å². The second-order valence-corrected chi connectivity index (χ2v) is 3.78. The van der Waals surface area contributed by atoms with E-state index in [0.717, 1.165) is 32.7 Å². The topological polar surface area (TPSA) is 21.7 Å². The van der Waals surface area contributed by atoms with E-state index in [1.54, 1.807) is 7.11 Å². The van der Waals surface area contributed by atoms with E-state index in [0.29, 0.717) is 0 Å². The van der Waals surface area contributed by atoms with Crippen LogP contribution in [0.15, 0.2) is 0 Å². The number of ether oxygens (including phenoxy) is 2. The molecular weight excluding hydrogens is 154 g/mol. The summed E-state index contributed by atoms with van der Waals surface area (Å²) in [5.41, 5.74) is 0.00299. The van der Waals surface area contributed by atoms with Gasteiger partial charge in [0.05, 0.1) is 12.2 Å². The molecule has 0 aromatic rings. The molecule has 1 heterocycles. The normalized spacial score (nSPS) is 32.2. The second kappa shape index (κ2) is 4.21. The van der Waals surface area contributed by atoms with Gasteiger partial charge in [-0.25, -0.2) is 0 Å². The number of hydrogen-bond acceptors (Lipinski definition) is 3. The standard InChI is InChI=1S/C9H19NO2/c1-9(4-6-11-3)8-10(2)5-7-12-9/h4-8H2,1-3H3. The lowest BCUT2D eigenvalue weighted by Crippen LogP contribution is -2.48. The third-order valence-electron chi connectivity index (χ3n) is 2.36. The molecule has 1 aliphatic heterocycles. The SMILES string of the molecule is COCCC1(C)CN(C)CCO1. The van der Waals surface area contributed by atoms with Crippen molar-refractivity contribution in [3.63, 3.8) is 0 Å². The van der Waals surface area contributed by atoms with Crippen molar-refractivity contribution in [3.05, 3.63) is 0 Å². The van der Waals surface area contributed by atoms with Crippen molar-refractivity contribution >= 4 is 0 Å². The Morgan fingerprint density at radius 3 is 2.92 bits per heavy atom. The Labute approximate surface area is 74.6 Å². The highest BCUT2D eigenvalue weighted by Gasteiger charge is 2.29. The first-order valence-corrected chi connectivity index (χ1v) is 4.48. The number of methoxy groups -OCH3 is 1. The van der Waals surface area contributed by atoms with Gasteiger partial charge in [0.1, 0.15) is 0 Å². The van der Waals surface area contributed by atoms with Gasteiger partial charge in [-0.1, -0.05) is 0 Å². The molecule has 1 fully saturated rings. The number of hydrogen-bond donors (Lipinski definition) is 0. The number of likely N-dealkylation sites (N-methyl/N-ethyl adjacent to an activating group) is 1. The average molecular weight is 173 g/mol. The lowest BCUT2D eigenvalue weighted by Gasteiger charge is -2.38. The zero-order chi connectivity index (χ0) is 9.03. The first kappa shape index (κ1) is 9.96. The molecule has 12 heavy (non-hydrogen) atoms. The van der Waals surface area contributed by atoms with Crippen LogP contribution in [0.25, 0.3) is 0 Å². The van der Waals surface area contributed by atoms with Gasteiger partial charge in [-0.3, -0.25) is 0 Å². The van der Waals surface area contributed by atoms with Crippen LogP contribution in [0.3, 0.4) is 0 Å². The van der Waals surface area contributed by atoms with Crippen LogP contribution in [0.1, 0.15) is 13.3 Å². The number of rotatable bonds is 3. The highest BCUT2D eigenvalue weighted by Crippen LogP contribution is 2.20. The van der Waals surface area contributed by atoms with E-state index >= 15 is 0 Å². The van der Waals surface area contributed by atoms with Crippen molar-refractivity contribution < 1.29 is 9.47 Å². The van der Waals surface area contributed by atoms with Crippen LogP contribution in [-0.4, -0.2) is 51.0 Å². The molecule has 1 atom stereocenters. The molecule has 0 aromatic heterocycles. The fraction of sp³-hybridized carbons (Fsp3) is 1.00. The summed E-state index contributed by atoms with van der Waals surface area (Å²) in [7, 11) is 3.86. The van der Waals surface area contributed by atoms with Crippen LogP contribution in [0.5, 0.6) is 0 Å². The maximum absolute atomic E-state index is 5.72. The molecule has 0 N–H and O–H groups in total. The molecular formula is C9H19NO2. The van der Waals surface area contributed by atoms with Crippen molar-refractivity contribution in [2.75, 3.05) is 40.5 Å². The van der Waals surface area contributed by atoms with E-state index in [9.17, 15) is 0 Å². The molecule has 0 radical (unpaired) electrons. The summed E-state index contributed by atoms with van der Waals surface area (Å²) in [6.07, 6.45) is 0.980. The molecule has 0 aliphatic carbocycles. The fourth-order valence-corrected chi connectivity index (χ4v) is 1.61. The van der Waals surface area contributed by atoms with E-state index in [-0.39, 0.29) is 5.60 Å². The molecule has 0 aromatic carbocycles. The zero-order valence-electron chi connectivity index (χ0n) is 8.30. The lowest BCUT2D eigenvalue weighted by atomic mass is 10.0. The predicted octanol–water partition coefficient (Wildman–Crippen LogP) is 0.744. The van der Waals surface area contributed by atoms with E-state index in [1.165, 1.54) is 0 Å². The molecule has 0 bridgehead atoms. The summed E-state index contributed by atoms with van der Waals surface area (Å²) in [6, 6.07) is 0. The summed E-state index contributed by atoms with van der Waals surface area (Å²) in [5.74, 6) is 0. The average Bonchev–Trinajstić information content (AvgIpc) is 2.01. The summed E-state index contributed by atoms with van der Waals surface area (Å²) in [6.45, 7) is 5.83. The Kier molecular flexibility index (Phi) is 3.50. The van der Waals surface area contributed by atoms with Crippen LogP contribution in [-0.2, 0) is 9.47 Å². The first-order chi connectivity index (χ1) is 5.66.